The standard InChI is InChI=1S/C26H35FN2O3/c1-18-19(2)25(32-15-14-30-3)11-9-22(18)24-7-5-6-21-17-28(12-13-29(21)24)20-8-10-23(27)26(16-20)31-4/h8-11,16,21,24H,5-7,12-15,17H2,1-4H3/t21?,24-/m1/s1. The van der Waals surface area contributed by atoms with Gasteiger partial charge in [-0.05, 0) is 68.0 Å². The zero-order valence-electron chi connectivity index (χ0n) is 19.7. The molecule has 0 aliphatic carbocycles. The Hall–Kier alpha value is -2.31. The number of hydrogen-bond acceptors (Lipinski definition) is 5. The van der Waals surface area contributed by atoms with Crippen molar-refractivity contribution in [3.8, 4) is 11.5 Å². The van der Waals surface area contributed by atoms with Gasteiger partial charge in [0.1, 0.15) is 12.4 Å². The first kappa shape index (κ1) is 22.9. The van der Waals surface area contributed by atoms with Gasteiger partial charge in [0.15, 0.2) is 11.6 Å². The summed E-state index contributed by atoms with van der Waals surface area (Å²) in [5, 5.41) is 0. The fourth-order valence-electron chi connectivity index (χ4n) is 5.23. The lowest BCUT2D eigenvalue weighted by molar-refractivity contribution is 0.0712. The van der Waals surface area contributed by atoms with Crippen molar-refractivity contribution in [1.29, 1.82) is 0 Å². The minimum atomic E-state index is -0.312. The summed E-state index contributed by atoms with van der Waals surface area (Å²) < 4.78 is 30.1. The zero-order valence-corrected chi connectivity index (χ0v) is 19.7. The highest BCUT2D eigenvalue weighted by molar-refractivity contribution is 5.52. The van der Waals surface area contributed by atoms with Crippen LogP contribution in [-0.4, -0.2) is 58.0 Å². The molecular weight excluding hydrogens is 407 g/mol. The second-order valence-corrected chi connectivity index (χ2v) is 8.85. The van der Waals surface area contributed by atoms with Crippen molar-refractivity contribution in [2.24, 2.45) is 0 Å². The molecule has 0 aromatic heterocycles. The van der Waals surface area contributed by atoms with Gasteiger partial charge in [-0.15, -0.1) is 0 Å². The van der Waals surface area contributed by atoms with E-state index in [0.717, 1.165) is 31.1 Å². The Morgan fingerprint density at radius 1 is 0.969 bits per heavy atom. The maximum atomic E-state index is 13.9. The van der Waals surface area contributed by atoms with Gasteiger partial charge in [0.2, 0.25) is 0 Å². The van der Waals surface area contributed by atoms with E-state index in [2.05, 4.69) is 35.8 Å². The minimum Gasteiger partial charge on any atom is -0.494 e. The first-order valence-electron chi connectivity index (χ1n) is 11.6. The van der Waals surface area contributed by atoms with E-state index in [0.29, 0.717) is 31.0 Å². The molecule has 0 radical (unpaired) electrons. The smallest absolute Gasteiger partial charge is 0.165 e. The molecule has 4 rings (SSSR count). The molecule has 2 saturated heterocycles. The molecule has 32 heavy (non-hydrogen) atoms. The van der Waals surface area contributed by atoms with Crippen LogP contribution in [0, 0.1) is 19.7 Å². The lowest BCUT2D eigenvalue weighted by Crippen LogP contribution is -2.56. The Morgan fingerprint density at radius 2 is 1.81 bits per heavy atom. The molecule has 2 atom stereocenters. The first-order chi connectivity index (χ1) is 15.5. The van der Waals surface area contributed by atoms with Crippen LogP contribution in [0.2, 0.25) is 0 Å². The number of methoxy groups -OCH3 is 2. The second-order valence-electron chi connectivity index (χ2n) is 8.85. The van der Waals surface area contributed by atoms with E-state index >= 15 is 0 Å². The van der Waals surface area contributed by atoms with E-state index in [1.807, 2.05) is 12.1 Å². The molecule has 2 heterocycles. The van der Waals surface area contributed by atoms with E-state index in [1.54, 1.807) is 7.11 Å². The van der Waals surface area contributed by atoms with Gasteiger partial charge in [0.25, 0.3) is 0 Å². The summed E-state index contributed by atoms with van der Waals surface area (Å²) in [5.74, 6) is 0.948. The molecule has 0 amide bonds. The van der Waals surface area contributed by atoms with Crippen LogP contribution in [0.1, 0.15) is 42.0 Å². The number of anilines is 1. The third kappa shape index (κ3) is 4.57. The van der Waals surface area contributed by atoms with Crippen LogP contribution in [0.25, 0.3) is 0 Å². The van der Waals surface area contributed by atoms with Crippen LogP contribution in [0.5, 0.6) is 11.5 Å². The molecular formula is C26H35FN2O3. The third-order valence-electron chi connectivity index (χ3n) is 7.13. The third-order valence-corrected chi connectivity index (χ3v) is 7.13. The molecule has 6 heteroatoms. The van der Waals surface area contributed by atoms with E-state index in [-0.39, 0.29) is 5.82 Å². The molecule has 2 fully saturated rings. The van der Waals surface area contributed by atoms with Gasteiger partial charge in [-0.25, -0.2) is 4.39 Å². The number of nitrogens with zero attached hydrogens (tertiary/aromatic N) is 2. The molecule has 2 aromatic rings. The highest BCUT2D eigenvalue weighted by atomic mass is 19.1. The fraction of sp³-hybridized carbons (Fsp3) is 0.538. The second kappa shape index (κ2) is 10.1. The summed E-state index contributed by atoms with van der Waals surface area (Å²) in [6, 6.07) is 10.5. The number of piperidine rings is 1. The number of halogens is 1. The van der Waals surface area contributed by atoms with Crippen LogP contribution < -0.4 is 14.4 Å². The normalized spacial score (nSPS) is 21.3. The summed E-state index contributed by atoms with van der Waals surface area (Å²) in [6.45, 7) is 8.42. The van der Waals surface area contributed by atoms with Crippen molar-refractivity contribution < 1.29 is 18.6 Å². The minimum absolute atomic E-state index is 0.311. The number of benzene rings is 2. The van der Waals surface area contributed by atoms with Crippen LogP contribution in [0.4, 0.5) is 10.1 Å². The molecule has 2 aliphatic rings. The maximum Gasteiger partial charge on any atom is 0.165 e. The molecule has 0 saturated carbocycles. The summed E-state index contributed by atoms with van der Waals surface area (Å²) in [6.07, 6.45) is 3.60. The van der Waals surface area contributed by atoms with Crippen LogP contribution in [0.3, 0.4) is 0 Å². The summed E-state index contributed by atoms with van der Waals surface area (Å²) in [7, 11) is 3.21. The lowest BCUT2D eigenvalue weighted by atomic mass is 9.86. The topological polar surface area (TPSA) is 34.2 Å². The fourth-order valence-corrected chi connectivity index (χ4v) is 5.23. The molecule has 2 aliphatic heterocycles. The molecule has 174 valence electrons. The van der Waals surface area contributed by atoms with E-state index in [1.165, 1.54) is 49.1 Å². The van der Waals surface area contributed by atoms with Crippen molar-refractivity contribution in [2.75, 3.05) is 52.0 Å². The number of piperazine rings is 1. The summed E-state index contributed by atoms with van der Waals surface area (Å²) in [5.41, 5.74) is 5.01. The van der Waals surface area contributed by atoms with Crippen molar-refractivity contribution >= 4 is 5.69 Å². The van der Waals surface area contributed by atoms with E-state index < -0.39 is 0 Å². The molecule has 2 aromatic carbocycles. The number of hydrogen-bond donors (Lipinski definition) is 0. The van der Waals surface area contributed by atoms with Crippen molar-refractivity contribution in [2.45, 2.75) is 45.2 Å². The van der Waals surface area contributed by atoms with Crippen molar-refractivity contribution in [1.82, 2.24) is 4.90 Å². The van der Waals surface area contributed by atoms with Crippen molar-refractivity contribution in [3.05, 3.63) is 52.8 Å². The largest absolute Gasteiger partial charge is 0.494 e. The van der Waals surface area contributed by atoms with Gasteiger partial charge < -0.3 is 19.1 Å². The monoisotopic (exact) mass is 442 g/mol. The zero-order chi connectivity index (χ0) is 22.7. The van der Waals surface area contributed by atoms with Crippen LogP contribution in [0.15, 0.2) is 30.3 Å². The SMILES string of the molecule is COCCOc1ccc([C@H]2CCCC3CN(c4ccc(F)c(OC)c4)CCN32)c(C)c1C. The van der Waals surface area contributed by atoms with E-state index in [9.17, 15) is 4.39 Å². The van der Waals surface area contributed by atoms with Gasteiger partial charge in [0, 0.05) is 50.6 Å². The Bertz CT molecular complexity index is 936. The molecule has 0 bridgehead atoms. The Labute approximate surface area is 191 Å². The van der Waals surface area contributed by atoms with E-state index in [4.69, 9.17) is 14.2 Å². The Morgan fingerprint density at radius 3 is 2.59 bits per heavy atom. The maximum absolute atomic E-state index is 13.9. The summed E-state index contributed by atoms with van der Waals surface area (Å²) in [4.78, 5) is 5.06. The highest BCUT2D eigenvalue weighted by Crippen LogP contribution is 2.40. The van der Waals surface area contributed by atoms with Crippen LogP contribution >= 0.6 is 0 Å². The first-order valence-corrected chi connectivity index (χ1v) is 11.6. The van der Waals surface area contributed by atoms with Gasteiger partial charge in [-0.1, -0.05) is 6.07 Å². The number of rotatable bonds is 7. The summed E-state index contributed by atoms with van der Waals surface area (Å²) >= 11 is 0. The van der Waals surface area contributed by atoms with Crippen molar-refractivity contribution in [3.63, 3.8) is 0 Å². The predicted molar refractivity (Wildman–Crippen MR) is 126 cm³/mol. The van der Waals surface area contributed by atoms with Gasteiger partial charge in [-0.2, -0.15) is 0 Å². The quantitative estimate of drug-likeness (QED) is 0.570. The molecule has 5 nitrogen and oxygen atoms in total. The van der Waals surface area contributed by atoms with Gasteiger partial charge in [0.05, 0.1) is 13.7 Å². The number of fused-ring (bicyclic) bond motifs is 1. The van der Waals surface area contributed by atoms with Gasteiger partial charge in [-0.3, -0.25) is 4.90 Å². The number of ether oxygens (including phenoxy) is 3. The average molecular weight is 443 g/mol. The lowest BCUT2D eigenvalue weighted by Gasteiger charge is -2.49. The highest BCUT2D eigenvalue weighted by Gasteiger charge is 2.36. The Kier molecular flexibility index (Phi) is 7.21. The van der Waals surface area contributed by atoms with Gasteiger partial charge >= 0.3 is 0 Å². The molecule has 1 unspecified atom stereocenters. The predicted octanol–water partition coefficient (Wildman–Crippen LogP) is 4.89. The molecule has 0 N–H and O–H groups in total. The molecule has 0 spiro atoms. The average Bonchev–Trinajstić information content (AvgIpc) is 2.82. The Balaban J connectivity index is 1.50. The van der Waals surface area contributed by atoms with Crippen LogP contribution in [-0.2, 0) is 4.74 Å².